The van der Waals surface area contributed by atoms with E-state index in [4.69, 9.17) is 4.74 Å². The lowest BCUT2D eigenvalue weighted by Gasteiger charge is -2.29. The number of rotatable bonds is 3. The molecule has 0 radical (unpaired) electrons. The molecule has 2 atom stereocenters. The van der Waals surface area contributed by atoms with Crippen LogP contribution >= 0.6 is 0 Å². The third kappa shape index (κ3) is 2.74. The summed E-state index contributed by atoms with van der Waals surface area (Å²) in [5, 5.41) is 5.85. The zero-order valence-corrected chi connectivity index (χ0v) is 11.4. The van der Waals surface area contributed by atoms with Crippen LogP contribution in [0.15, 0.2) is 42.5 Å². The average Bonchev–Trinajstić information content (AvgIpc) is 2.48. The Morgan fingerprint density at radius 2 is 1.89 bits per heavy atom. The Morgan fingerprint density at radius 1 is 1.05 bits per heavy atom. The van der Waals surface area contributed by atoms with Crippen LogP contribution in [0.25, 0.3) is 10.8 Å². The zero-order valence-electron chi connectivity index (χ0n) is 11.4. The molecule has 0 amide bonds. The molecule has 0 spiro atoms. The summed E-state index contributed by atoms with van der Waals surface area (Å²) in [6.07, 6.45) is 5.14. The Balaban J connectivity index is 1.81. The van der Waals surface area contributed by atoms with Gasteiger partial charge in [0.05, 0.1) is 0 Å². The van der Waals surface area contributed by atoms with Gasteiger partial charge in [-0.15, -0.1) is 0 Å². The van der Waals surface area contributed by atoms with E-state index < -0.39 is 0 Å². The first-order valence-corrected chi connectivity index (χ1v) is 7.18. The van der Waals surface area contributed by atoms with Gasteiger partial charge in [0, 0.05) is 11.4 Å². The lowest BCUT2D eigenvalue weighted by Crippen LogP contribution is -2.36. The summed E-state index contributed by atoms with van der Waals surface area (Å²) < 4.78 is 6.26. The molecule has 2 heteroatoms. The van der Waals surface area contributed by atoms with Crippen LogP contribution in [-0.2, 0) is 0 Å². The Labute approximate surface area is 114 Å². The fraction of sp³-hybridized carbons (Fsp3) is 0.412. The second kappa shape index (κ2) is 5.62. The Bertz CT molecular complexity index is 546. The largest absolute Gasteiger partial charge is 0.490 e. The smallest absolute Gasteiger partial charge is 0.127 e. The first kappa shape index (κ1) is 12.5. The molecule has 0 bridgehead atoms. The summed E-state index contributed by atoms with van der Waals surface area (Å²) in [6.45, 7) is 0. The van der Waals surface area contributed by atoms with Crippen molar-refractivity contribution in [1.82, 2.24) is 5.32 Å². The van der Waals surface area contributed by atoms with Crippen LogP contribution < -0.4 is 10.1 Å². The minimum absolute atomic E-state index is 0.344. The molecule has 0 aliphatic heterocycles. The van der Waals surface area contributed by atoms with Crippen LogP contribution in [0, 0.1) is 0 Å². The minimum atomic E-state index is 0.344. The lowest BCUT2D eigenvalue weighted by molar-refractivity contribution is 0.139. The third-order valence-electron chi connectivity index (χ3n) is 4.08. The summed E-state index contributed by atoms with van der Waals surface area (Å²) in [5.74, 6) is 1.03. The highest BCUT2D eigenvalue weighted by Crippen LogP contribution is 2.29. The van der Waals surface area contributed by atoms with E-state index in [1.165, 1.54) is 30.0 Å². The van der Waals surface area contributed by atoms with Crippen molar-refractivity contribution in [1.29, 1.82) is 0 Å². The van der Waals surface area contributed by atoms with Gasteiger partial charge >= 0.3 is 0 Å². The number of fused-ring (bicyclic) bond motifs is 1. The summed E-state index contributed by atoms with van der Waals surface area (Å²) in [7, 11) is 2.05. The normalized spacial score (nSPS) is 23.4. The van der Waals surface area contributed by atoms with Gasteiger partial charge in [0.1, 0.15) is 11.9 Å². The van der Waals surface area contributed by atoms with Gasteiger partial charge in [0.2, 0.25) is 0 Å². The highest BCUT2D eigenvalue weighted by molar-refractivity contribution is 5.88. The molecule has 1 saturated carbocycles. The Hall–Kier alpha value is -1.54. The summed E-state index contributed by atoms with van der Waals surface area (Å²) in [4.78, 5) is 0. The van der Waals surface area contributed by atoms with Gasteiger partial charge in [-0.3, -0.25) is 0 Å². The molecule has 1 aliphatic rings. The van der Waals surface area contributed by atoms with Crippen LogP contribution in [0.2, 0.25) is 0 Å². The summed E-state index contributed by atoms with van der Waals surface area (Å²) >= 11 is 0. The van der Waals surface area contributed by atoms with E-state index in [0.29, 0.717) is 12.1 Å². The van der Waals surface area contributed by atoms with Gasteiger partial charge in [-0.25, -0.2) is 0 Å². The van der Waals surface area contributed by atoms with Crippen LogP contribution in [0.3, 0.4) is 0 Å². The van der Waals surface area contributed by atoms with E-state index in [-0.39, 0.29) is 0 Å². The van der Waals surface area contributed by atoms with Crippen molar-refractivity contribution >= 4 is 10.8 Å². The predicted molar refractivity (Wildman–Crippen MR) is 79.7 cm³/mol. The predicted octanol–water partition coefficient (Wildman–Crippen LogP) is 3.75. The highest BCUT2D eigenvalue weighted by atomic mass is 16.5. The Morgan fingerprint density at radius 3 is 2.79 bits per heavy atom. The molecule has 3 rings (SSSR count). The zero-order chi connectivity index (χ0) is 13.1. The number of nitrogens with one attached hydrogen (secondary N) is 1. The van der Waals surface area contributed by atoms with Gasteiger partial charge in [-0.05, 0) is 44.2 Å². The molecular formula is C17H21NO. The number of hydrogen-bond acceptors (Lipinski definition) is 2. The molecule has 2 nitrogen and oxygen atoms in total. The standard InChI is InChI=1S/C17H21NO/c1-18-14-8-5-9-15(12-14)19-17-11-4-7-13-6-2-3-10-16(13)17/h2-4,6-7,10-11,14-15,18H,5,8-9,12H2,1H3. The highest BCUT2D eigenvalue weighted by Gasteiger charge is 2.22. The van der Waals surface area contributed by atoms with Crippen molar-refractivity contribution in [3.8, 4) is 5.75 Å². The van der Waals surface area contributed by atoms with Crippen LogP contribution in [0.1, 0.15) is 25.7 Å². The summed E-state index contributed by atoms with van der Waals surface area (Å²) in [6, 6.07) is 15.3. The monoisotopic (exact) mass is 255 g/mol. The maximum atomic E-state index is 6.26. The van der Waals surface area contributed by atoms with Crippen molar-refractivity contribution in [2.75, 3.05) is 7.05 Å². The first-order chi connectivity index (χ1) is 9.36. The van der Waals surface area contributed by atoms with E-state index in [0.717, 1.165) is 12.2 Å². The van der Waals surface area contributed by atoms with Crippen LogP contribution in [0.4, 0.5) is 0 Å². The quantitative estimate of drug-likeness (QED) is 0.902. The van der Waals surface area contributed by atoms with Crippen LogP contribution in [0.5, 0.6) is 5.75 Å². The maximum Gasteiger partial charge on any atom is 0.127 e. The second-order valence-electron chi connectivity index (χ2n) is 5.37. The van der Waals surface area contributed by atoms with Crippen molar-refractivity contribution in [3.05, 3.63) is 42.5 Å². The molecular weight excluding hydrogens is 234 g/mol. The molecule has 1 N–H and O–H groups in total. The Kier molecular flexibility index (Phi) is 3.69. The molecule has 0 heterocycles. The van der Waals surface area contributed by atoms with E-state index >= 15 is 0 Å². The van der Waals surface area contributed by atoms with Crippen molar-refractivity contribution in [3.63, 3.8) is 0 Å². The molecule has 0 aromatic heterocycles. The molecule has 100 valence electrons. The fourth-order valence-electron chi connectivity index (χ4n) is 2.99. The molecule has 2 unspecified atom stereocenters. The van der Waals surface area contributed by atoms with E-state index in [9.17, 15) is 0 Å². The molecule has 1 aliphatic carbocycles. The number of hydrogen-bond donors (Lipinski definition) is 1. The van der Waals surface area contributed by atoms with E-state index in [2.05, 4.69) is 47.8 Å². The second-order valence-corrected chi connectivity index (χ2v) is 5.37. The van der Waals surface area contributed by atoms with Crippen molar-refractivity contribution < 1.29 is 4.74 Å². The number of benzene rings is 2. The van der Waals surface area contributed by atoms with Gasteiger partial charge in [0.15, 0.2) is 0 Å². The minimum Gasteiger partial charge on any atom is -0.490 e. The van der Waals surface area contributed by atoms with Gasteiger partial charge in [-0.2, -0.15) is 0 Å². The topological polar surface area (TPSA) is 21.3 Å². The number of ether oxygens (including phenoxy) is 1. The molecule has 2 aromatic rings. The molecule has 2 aromatic carbocycles. The summed E-state index contributed by atoms with van der Waals surface area (Å²) in [5.41, 5.74) is 0. The third-order valence-corrected chi connectivity index (χ3v) is 4.08. The molecule has 0 saturated heterocycles. The van der Waals surface area contributed by atoms with Crippen molar-refractivity contribution in [2.45, 2.75) is 37.8 Å². The van der Waals surface area contributed by atoms with Crippen molar-refractivity contribution in [2.24, 2.45) is 0 Å². The average molecular weight is 255 g/mol. The lowest BCUT2D eigenvalue weighted by atomic mass is 9.93. The van der Waals surface area contributed by atoms with E-state index in [1.54, 1.807) is 0 Å². The molecule has 1 fully saturated rings. The fourth-order valence-corrected chi connectivity index (χ4v) is 2.99. The SMILES string of the molecule is CNC1CCCC(Oc2cccc3ccccc23)C1. The van der Waals surface area contributed by atoms with Gasteiger partial charge < -0.3 is 10.1 Å². The van der Waals surface area contributed by atoms with E-state index in [1.807, 2.05) is 7.05 Å². The first-order valence-electron chi connectivity index (χ1n) is 7.18. The van der Waals surface area contributed by atoms with Gasteiger partial charge in [0.25, 0.3) is 0 Å². The molecule has 19 heavy (non-hydrogen) atoms. The van der Waals surface area contributed by atoms with Crippen LogP contribution in [-0.4, -0.2) is 19.2 Å². The van der Waals surface area contributed by atoms with Gasteiger partial charge in [-0.1, -0.05) is 36.4 Å². The maximum absolute atomic E-state index is 6.26.